The number of benzene rings is 1. The van der Waals surface area contributed by atoms with Crippen molar-refractivity contribution >= 4 is 61.2 Å². The van der Waals surface area contributed by atoms with Gasteiger partial charge in [-0.3, -0.25) is 48.1 Å². The van der Waals surface area contributed by atoms with Crippen molar-refractivity contribution < 1.29 is 77.3 Å². The van der Waals surface area contributed by atoms with Crippen LogP contribution in [-0.2, 0) is 54.1 Å². The third-order valence-corrected chi connectivity index (χ3v) is 8.70. The summed E-state index contributed by atoms with van der Waals surface area (Å²) in [7, 11) is -4.95. The van der Waals surface area contributed by atoms with Crippen molar-refractivity contribution in [1.82, 2.24) is 31.9 Å². The second kappa shape index (κ2) is 22.2. The molecule has 0 spiro atoms. The first kappa shape index (κ1) is 47.5. The summed E-state index contributed by atoms with van der Waals surface area (Å²) in [4.78, 5) is 132. The molecule has 316 valence electrons. The minimum Gasteiger partial charge on any atom is -0.481 e. The molecule has 1 saturated heterocycles. The number of hydrogen-bond acceptors (Lipinski definition) is 12. The van der Waals surface area contributed by atoms with E-state index in [0.29, 0.717) is 19.4 Å². The van der Waals surface area contributed by atoms with Gasteiger partial charge in [0, 0.05) is 12.8 Å². The van der Waals surface area contributed by atoms with E-state index in [9.17, 15) is 63.0 Å². The average molecular weight is 830 g/mol. The number of nitrogens with two attached hydrogens (primary N) is 1. The molecule has 1 heterocycles. The lowest BCUT2D eigenvalue weighted by Crippen LogP contribution is -2.60. The molecule has 23 nitrogen and oxygen atoms in total. The summed E-state index contributed by atoms with van der Waals surface area (Å²) in [5.41, 5.74) is 5.47. The van der Waals surface area contributed by atoms with Gasteiger partial charge in [0.15, 0.2) is 0 Å². The molecule has 0 saturated carbocycles. The van der Waals surface area contributed by atoms with Crippen LogP contribution >= 0.6 is 7.82 Å². The van der Waals surface area contributed by atoms with Crippen LogP contribution in [0.2, 0.25) is 0 Å². The average Bonchev–Trinajstić information content (AvgIpc) is 3.63. The number of aliphatic carboxylic acids is 3. The van der Waals surface area contributed by atoms with Crippen molar-refractivity contribution in [2.24, 2.45) is 11.7 Å². The number of phosphoric acid groups is 1. The number of carbonyl (C=O) groups is 9. The van der Waals surface area contributed by atoms with E-state index >= 15 is 0 Å². The summed E-state index contributed by atoms with van der Waals surface area (Å²) in [5, 5.41) is 42.6. The molecular weight excluding hydrogens is 781 g/mol. The maximum absolute atomic E-state index is 13.9. The Balaban J connectivity index is 2.45. The molecule has 1 aliphatic heterocycles. The summed E-state index contributed by atoms with van der Waals surface area (Å²) < 4.78 is 15.8. The van der Waals surface area contributed by atoms with Crippen molar-refractivity contribution in [2.45, 2.75) is 101 Å². The Morgan fingerprint density at radius 1 is 0.772 bits per heavy atom. The van der Waals surface area contributed by atoms with E-state index in [1.165, 1.54) is 12.1 Å². The van der Waals surface area contributed by atoms with Crippen LogP contribution in [0.25, 0.3) is 0 Å². The molecule has 1 fully saturated rings. The molecule has 57 heavy (non-hydrogen) atoms. The van der Waals surface area contributed by atoms with E-state index in [4.69, 9.17) is 15.5 Å². The minimum absolute atomic E-state index is 0.0311. The Bertz CT molecular complexity index is 1700. The van der Waals surface area contributed by atoms with E-state index in [0.717, 1.165) is 12.1 Å². The lowest BCUT2D eigenvalue weighted by molar-refractivity contribution is -0.143. The van der Waals surface area contributed by atoms with Crippen molar-refractivity contribution in [3.05, 3.63) is 29.8 Å². The lowest BCUT2D eigenvalue weighted by atomic mass is 10.0. The van der Waals surface area contributed by atoms with Crippen molar-refractivity contribution in [3.8, 4) is 5.75 Å². The third-order valence-electron chi connectivity index (χ3n) is 8.25. The molecule has 0 unspecified atom stereocenters. The fourth-order valence-electron chi connectivity index (χ4n) is 5.56. The zero-order chi connectivity index (χ0) is 43.0. The Morgan fingerprint density at radius 3 is 1.79 bits per heavy atom. The van der Waals surface area contributed by atoms with Gasteiger partial charge in [-0.1, -0.05) is 26.0 Å². The van der Waals surface area contributed by atoms with Gasteiger partial charge in [-0.2, -0.15) is 0 Å². The van der Waals surface area contributed by atoms with Gasteiger partial charge < -0.3 is 57.5 Å². The van der Waals surface area contributed by atoms with E-state index in [1.54, 1.807) is 13.8 Å². The number of phosphoric ester groups is 1. The molecule has 6 atom stereocenters. The van der Waals surface area contributed by atoms with Crippen molar-refractivity contribution in [3.63, 3.8) is 0 Å². The highest BCUT2D eigenvalue weighted by atomic mass is 31.2. The Morgan fingerprint density at radius 2 is 1.30 bits per heavy atom. The number of amides is 6. The standard InChI is InChI=1S/C33H48N7O16P/c1-16(2)12-24(33(51)52)40-31(49)22(14-25(34)41)38-29(47)20(9-10-26(42)43)36-30(48)21(13-17-5-7-18(8-6-17)56-57(53,54)55)37-32(50)23(15-27(44)45)39-28(46)19-4-3-11-35-19/h5-8,16,19-24,35H,3-4,9-15H2,1-2H3,(H2,34,41)(H,36,48)(H,37,50)(H,38,47)(H,39,46)(H,40,49)(H,42,43)(H,44,45)(H,51,52)(H2,53,54,55)/t19-,20-,21-,22-,23-,24-/m0/s1. The quantitative estimate of drug-likeness (QED) is 0.0469. The first-order valence-electron chi connectivity index (χ1n) is 17.6. The predicted molar refractivity (Wildman–Crippen MR) is 194 cm³/mol. The number of carbonyl (C=O) groups excluding carboxylic acids is 6. The van der Waals surface area contributed by atoms with Gasteiger partial charge in [-0.25, -0.2) is 9.36 Å². The molecule has 24 heteroatoms. The summed E-state index contributed by atoms with van der Waals surface area (Å²) in [6, 6.07) is -4.39. The Kier molecular flexibility index (Phi) is 18.5. The molecule has 0 aromatic heterocycles. The van der Waals surface area contributed by atoms with E-state index in [-0.39, 0.29) is 23.7 Å². The highest BCUT2D eigenvalue weighted by molar-refractivity contribution is 7.46. The van der Waals surface area contributed by atoms with Gasteiger partial charge in [0.05, 0.1) is 18.9 Å². The fourth-order valence-corrected chi connectivity index (χ4v) is 5.96. The molecule has 1 aliphatic rings. The Hall–Kier alpha value is -5.64. The maximum Gasteiger partial charge on any atom is 0.524 e. The summed E-state index contributed by atoms with van der Waals surface area (Å²) in [6.07, 6.45) is -2.54. The molecule has 0 aliphatic carbocycles. The first-order valence-corrected chi connectivity index (χ1v) is 19.1. The lowest BCUT2D eigenvalue weighted by Gasteiger charge is -2.27. The number of nitrogens with one attached hydrogen (secondary N) is 6. The maximum atomic E-state index is 13.9. The first-order chi connectivity index (χ1) is 26.5. The zero-order valence-electron chi connectivity index (χ0n) is 31.0. The van der Waals surface area contributed by atoms with Gasteiger partial charge in [-0.15, -0.1) is 0 Å². The molecule has 1 aromatic rings. The van der Waals surface area contributed by atoms with Crippen LogP contribution in [-0.4, -0.2) is 121 Å². The van der Waals surface area contributed by atoms with Gasteiger partial charge in [-0.05, 0) is 55.8 Å². The van der Waals surface area contributed by atoms with Gasteiger partial charge in [0.1, 0.15) is 36.0 Å². The van der Waals surface area contributed by atoms with Crippen LogP contribution in [0, 0.1) is 5.92 Å². The number of primary amides is 1. The number of carboxylic acid groups (broad SMARTS) is 3. The van der Waals surface area contributed by atoms with Crippen molar-refractivity contribution in [1.29, 1.82) is 0 Å². The second-order valence-corrected chi connectivity index (χ2v) is 14.7. The number of rotatable bonds is 24. The van der Waals surface area contributed by atoms with Crippen LogP contribution in [0.3, 0.4) is 0 Å². The monoisotopic (exact) mass is 829 g/mol. The SMILES string of the molecule is CC(C)C[C@H](NC(=O)[C@H](CC(N)=O)NC(=O)[C@H](CCC(=O)O)NC(=O)[C@H](Cc1ccc(OP(=O)(O)O)cc1)NC(=O)[C@H](CC(=O)O)NC(=O)[C@@H]1CCCN1)C(=O)O. The predicted octanol–water partition coefficient (Wildman–Crippen LogP) is -2.78. The molecule has 2 rings (SSSR count). The van der Waals surface area contributed by atoms with Crippen LogP contribution < -0.4 is 42.2 Å². The molecule has 6 amide bonds. The minimum atomic E-state index is -4.95. The third kappa shape index (κ3) is 17.8. The van der Waals surface area contributed by atoms with E-state index in [1.807, 2.05) is 0 Å². The summed E-state index contributed by atoms with van der Waals surface area (Å²) in [6.45, 7) is 3.87. The van der Waals surface area contributed by atoms with Crippen LogP contribution in [0.4, 0.5) is 0 Å². The molecule has 0 bridgehead atoms. The van der Waals surface area contributed by atoms with Gasteiger partial charge >= 0.3 is 25.7 Å². The van der Waals surface area contributed by atoms with Crippen molar-refractivity contribution in [2.75, 3.05) is 6.54 Å². The van der Waals surface area contributed by atoms with Crippen LogP contribution in [0.5, 0.6) is 5.75 Å². The fraction of sp³-hybridized carbons (Fsp3) is 0.545. The van der Waals surface area contributed by atoms with Gasteiger partial charge in [0.2, 0.25) is 35.4 Å². The summed E-state index contributed by atoms with van der Waals surface area (Å²) >= 11 is 0. The molecule has 1 aromatic carbocycles. The summed E-state index contributed by atoms with van der Waals surface area (Å²) in [5.74, 6) is -11.2. The number of carboxylic acids is 3. The van der Waals surface area contributed by atoms with Crippen LogP contribution in [0.15, 0.2) is 24.3 Å². The normalized spacial score (nSPS) is 16.5. The van der Waals surface area contributed by atoms with E-state index in [2.05, 4.69) is 36.4 Å². The molecule has 13 N–H and O–H groups in total. The largest absolute Gasteiger partial charge is 0.524 e. The van der Waals surface area contributed by atoms with E-state index < -0.39 is 130 Å². The smallest absolute Gasteiger partial charge is 0.481 e. The zero-order valence-corrected chi connectivity index (χ0v) is 31.9. The highest BCUT2D eigenvalue weighted by Crippen LogP contribution is 2.37. The highest BCUT2D eigenvalue weighted by Gasteiger charge is 2.35. The number of hydrogen-bond donors (Lipinski definition) is 12. The van der Waals surface area contributed by atoms with Crippen LogP contribution in [0.1, 0.15) is 64.4 Å². The molecular formula is C33H48N7O16P. The molecule has 0 radical (unpaired) electrons. The topological polar surface area (TPSA) is 379 Å². The second-order valence-electron chi connectivity index (χ2n) is 13.6. The Labute approximate surface area is 325 Å². The van der Waals surface area contributed by atoms with Gasteiger partial charge in [0.25, 0.3) is 0 Å².